The first-order valence-electron chi connectivity index (χ1n) is 13.6. The highest BCUT2D eigenvalue weighted by Gasteiger charge is 2.48. The lowest BCUT2D eigenvalue weighted by Gasteiger charge is -2.40. The van der Waals surface area contributed by atoms with Gasteiger partial charge in [-0.05, 0) is 93.6 Å². The second-order valence-corrected chi connectivity index (χ2v) is 11.3. The zero-order valence-electron chi connectivity index (χ0n) is 23.1. The topological polar surface area (TPSA) is 28.2 Å². The van der Waals surface area contributed by atoms with E-state index in [1.165, 1.54) is 44.9 Å². The molecule has 3 heterocycles. The number of hydrogen-bond donors (Lipinski definition) is 0. The summed E-state index contributed by atoms with van der Waals surface area (Å²) in [5, 5.41) is 0. The van der Waals surface area contributed by atoms with Gasteiger partial charge in [-0.2, -0.15) is 0 Å². The van der Waals surface area contributed by atoms with E-state index in [4.69, 9.17) is 9.47 Å². The fourth-order valence-electron chi connectivity index (χ4n) is 6.87. The van der Waals surface area contributed by atoms with Crippen molar-refractivity contribution in [3.63, 3.8) is 0 Å². The number of para-hydroxylation sites is 1. The summed E-state index contributed by atoms with van der Waals surface area (Å²) in [6.45, 7) is 16.5. The van der Waals surface area contributed by atoms with E-state index in [2.05, 4.69) is 97.8 Å². The van der Waals surface area contributed by atoms with Gasteiger partial charge >= 0.3 is 0 Å². The lowest BCUT2D eigenvalue weighted by atomic mass is 9.86. The quantitative estimate of drug-likeness (QED) is 0.427. The Bertz CT molecular complexity index is 1320. The van der Waals surface area contributed by atoms with Crippen LogP contribution in [0.5, 0.6) is 11.5 Å². The summed E-state index contributed by atoms with van der Waals surface area (Å²) in [6.07, 6.45) is 1.10. The SMILES string of the molecule is COc1ccc(N2CCN(c3c(C)c(C)c4c(c3C)C(N3CCc5ccccc53)C(C)(C)O4)CC2)cc1. The van der Waals surface area contributed by atoms with Gasteiger partial charge in [0.05, 0.1) is 13.2 Å². The monoisotopic (exact) mass is 497 g/mol. The standard InChI is InChI=1S/C32H39N3O2/c1-21-22(2)30-28(31(32(4,5)37-30)35-16-15-24-9-7-8-10-27(24)35)23(3)29(21)34-19-17-33(18-20-34)25-11-13-26(36-6)14-12-25/h7-14,31H,15-20H2,1-6H3. The second-order valence-electron chi connectivity index (χ2n) is 11.3. The molecule has 0 spiro atoms. The normalized spacial score (nSPS) is 20.1. The van der Waals surface area contributed by atoms with Crippen LogP contribution < -0.4 is 24.2 Å². The number of methoxy groups -OCH3 is 1. The highest BCUT2D eigenvalue weighted by atomic mass is 16.5. The number of piperazine rings is 1. The van der Waals surface area contributed by atoms with E-state index in [9.17, 15) is 0 Å². The average Bonchev–Trinajstić information content (AvgIpc) is 3.45. The van der Waals surface area contributed by atoms with E-state index in [-0.39, 0.29) is 11.6 Å². The van der Waals surface area contributed by atoms with Crippen molar-refractivity contribution in [1.29, 1.82) is 0 Å². The summed E-state index contributed by atoms with van der Waals surface area (Å²) >= 11 is 0. The van der Waals surface area contributed by atoms with E-state index < -0.39 is 0 Å². The third-order valence-corrected chi connectivity index (χ3v) is 8.83. The van der Waals surface area contributed by atoms with Crippen LogP contribution in [0.1, 0.15) is 47.7 Å². The molecule has 0 N–H and O–H groups in total. The summed E-state index contributed by atoms with van der Waals surface area (Å²) in [5.41, 5.74) is 10.6. The fraction of sp³-hybridized carbons (Fsp3) is 0.438. The van der Waals surface area contributed by atoms with Gasteiger partial charge in [0.1, 0.15) is 17.1 Å². The number of fused-ring (bicyclic) bond motifs is 2. The van der Waals surface area contributed by atoms with Gasteiger partial charge in [-0.3, -0.25) is 0 Å². The molecule has 0 bridgehead atoms. The van der Waals surface area contributed by atoms with E-state index in [1.54, 1.807) is 7.11 Å². The maximum absolute atomic E-state index is 6.78. The van der Waals surface area contributed by atoms with Crippen molar-refractivity contribution >= 4 is 17.1 Å². The molecule has 5 heteroatoms. The van der Waals surface area contributed by atoms with Gasteiger partial charge < -0.3 is 24.2 Å². The summed E-state index contributed by atoms with van der Waals surface area (Å²) in [5.74, 6) is 2.01. The summed E-state index contributed by atoms with van der Waals surface area (Å²) in [6, 6.07) is 17.5. The third-order valence-electron chi connectivity index (χ3n) is 8.83. The van der Waals surface area contributed by atoms with Gasteiger partial charge in [-0.25, -0.2) is 0 Å². The highest BCUT2D eigenvalue weighted by Crippen LogP contribution is 2.54. The molecule has 1 unspecified atom stereocenters. The van der Waals surface area contributed by atoms with Crippen molar-refractivity contribution in [2.75, 3.05) is 54.5 Å². The molecular formula is C32H39N3O2. The van der Waals surface area contributed by atoms with Crippen LogP contribution >= 0.6 is 0 Å². The molecule has 0 aromatic heterocycles. The molecule has 3 aromatic carbocycles. The number of benzene rings is 3. The van der Waals surface area contributed by atoms with Crippen molar-refractivity contribution in [2.45, 2.75) is 52.7 Å². The minimum atomic E-state index is -0.298. The number of hydrogen-bond acceptors (Lipinski definition) is 5. The van der Waals surface area contributed by atoms with Gasteiger partial charge in [0.2, 0.25) is 0 Å². The zero-order valence-corrected chi connectivity index (χ0v) is 23.1. The van der Waals surface area contributed by atoms with E-state index in [0.29, 0.717) is 0 Å². The minimum Gasteiger partial charge on any atom is -0.497 e. The Kier molecular flexibility index (Phi) is 5.78. The second kappa shape index (κ2) is 8.90. The Balaban J connectivity index is 1.34. The third kappa shape index (κ3) is 3.82. The molecule has 1 atom stereocenters. The Morgan fingerprint density at radius 1 is 0.811 bits per heavy atom. The molecular weight excluding hydrogens is 458 g/mol. The molecule has 3 aromatic rings. The molecule has 5 nitrogen and oxygen atoms in total. The smallest absolute Gasteiger partial charge is 0.129 e. The van der Waals surface area contributed by atoms with Crippen molar-refractivity contribution in [3.05, 3.63) is 76.3 Å². The van der Waals surface area contributed by atoms with E-state index in [0.717, 1.165) is 50.6 Å². The van der Waals surface area contributed by atoms with Gasteiger partial charge in [-0.1, -0.05) is 18.2 Å². The number of ether oxygens (including phenoxy) is 2. The van der Waals surface area contributed by atoms with E-state index in [1.807, 2.05) is 0 Å². The van der Waals surface area contributed by atoms with Gasteiger partial charge in [0.25, 0.3) is 0 Å². The predicted octanol–water partition coefficient (Wildman–Crippen LogP) is 6.22. The average molecular weight is 498 g/mol. The van der Waals surface area contributed by atoms with Crippen molar-refractivity contribution < 1.29 is 9.47 Å². The summed E-state index contributed by atoms with van der Waals surface area (Å²) in [4.78, 5) is 7.70. The van der Waals surface area contributed by atoms with Crippen LogP contribution in [-0.4, -0.2) is 45.4 Å². The first-order chi connectivity index (χ1) is 17.8. The maximum Gasteiger partial charge on any atom is 0.129 e. The van der Waals surface area contributed by atoms with Crippen molar-refractivity contribution in [3.8, 4) is 11.5 Å². The van der Waals surface area contributed by atoms with Crippen molar-refractivity contribution in [1.82, 2.24) is 0 Å². The summed E-state index contributed by atoms with van der Waals surface area (Å²) < 4.78 is 12.1. The van der Waals surface area contributed by atoms with Gasteiger partial charge in [-0.15, -0.1) is 0 Å². The fourth-order valence-corrected chi connectivity index (χ4v) is 6.87. The molecule has 6 rings (SSSR count). The van der Waals surface area contributed by atoms with Crippen LogP contribution in [0.2, 0.25) is 0 Å². The van der Waals surface area contributed by atoms with Crippen LogP contribution in [0.3, 0.4) is 0 Å². The van der Waals surface area contributed by atoms with Crippen LogP contribution in [0.25, 0.3) is 0 Å². The molecule has 0 saturated carbocycles. The molecule has 0 amide bonds. The van der Waals surface area contributed by atoms with E-state index >= 15 is 0 Å². The largest absolute Gasteiger partial charge is 0.497 e. The maximum atomic E-state index is 6.78. The van der Waals surface area contributed by atoms with Crippen molar-refractivity contribution in [2.24, 2.45) is 0 Å². The molecule has 194 valence electrons. The number of nitrogens with zero attached hydrogens (tertiary/aromatic N) is 3. The molecule has 1 saturated heterocycles. The lowest BCUT2D eigenvalue weighted by molar-refractivity contribution is 0.108. The first kappa shape index (κ1) is 24.0. The molecule has 3 aliphatic heterocycles. The van der Waals surface area contributed by atoms with Crippen LogP contribution in [-0.2, 0) is 6.42 Å². The number of rotatable bonds is 4. The minimum absolute atomic E-state index is 0.199. The molecule has 0 aliphatic carbocycles. The Morgan fingerprint density at radius 2 is 1.49 bits per heavy atom. The van der Waals surface area contributed by atoms with Gasteiger partial charge in [0.15, 0.2) is 0 Å². The van der Waals surface area contributed by atoms with Gasteiger partial charge in [0, 0.05) is 55.3 Å². The van der Waals surface area contributed by atoms with Crippen LogP contribution in [0.15, 0.2) is 48.5 Å². The molecule has 0 radical (unpaired) electrons. The zero-order chi connectivity index (χ0) is 25.9. The summed E-state index contributed by atoms with van der Waals surface area (Å²) in [7, 11) is 1.72. The Morgan fingerprint density at radius 3 is 2.19 bits per heavy atom. The highest BCUT2D eigenvalue weighted by molar-refractivity contribution is 5.73. The lowest BCUT2D eigenvalue weighted by Crippen LogP contribution is -2.47. The molecule has 3 aliphatic rings. The van der Waals surface area contributed by atoms with Crippen LogP contribution in [0.4, 0.5) is 17.1 Å². The predicted molar refractivity (Wildman–Crippen MR) is 153 cm³/mol. The number of anilines is 3. The molecule has 1 fully saturated rings. The first-order valence-corrected chi connectivity index (χ1v) is 13.6. The Hall–Kier alpha value is -3.34. The molecule has 37 heavy (non-hydrogen) atoms. The van der Waals surface area contributed by atoms with Crippen LogP contribution in [0, 0.1) is 20.8 Å². The Labute approximate surface area is 221 Å².